The van der Waals surface area contributed by atoms with Crippen LogP contribution in [0.4, 0.5) is 5.69 Å². The van der Waals surface area contributed by atoms with Crippen molar-refractivity contribution < 1.29 is 9.53 Å². The zero-order valence-corrected chi connectivity index (χ0v) is 15.1. The van der Waals surface area contributed by atoms with E-state index in [2.05, 4.69) is 15.3 Å². The summed E-state index contributed by atoms with van der Waals surface area (Å²) in [5.41, 5.74) is 2.16. The molecule has 0 radical (unpaired) electrons. The number of fused-ring (bicyclic) bond motifs is 1. The Morgan fingerprint density at radius 2 is 2.08 bits per heavy atom. The van der Waals surface area contributed by atoms with Crippen molar-refractivity contribution in [3.8, 4) is 0 Å². The van der Waals surface area contributed by atoms with Gasteiger partial charge < -0.3 is 15.0 Å². The van der Waals surface area contributed by atoms with Gasteiger partial charge in [-0.1, -0.05) is 18.2 Å². The summed E-state index contributed by atoms with van der Waals surface area (Å²) in [5, 5.41) is 3.38. The normalized spacial score (nSPS) is 11.0. The van der Waals surface area contributed by atoms with Crippen molar-refractivity contribution in [2.45, 2.75) is 20.3 Å². The van der Waals surface area contributed by atoms with Gasteiger partial charge >= 0.3 is 0 Å². The Kier molecular flexibility index (Phi) is 4.96. The van der Waals surface area contributed by atoms with E-state index in [0.29, 0.717) is 39.5 Å². The largest absolute Gasteiger partial charge is 0.384 e. The highest BCUT2D eigenvalue weighted by Crippen LogP contribution is 2.28. The summed E-state index contributed by atoms with van der Waals surface area (Å²) < 4.78 is 5.02. The molecular formula is C18H19N3O3S. The summed E-state index contributed by atoms with van der Waals surface area (Å²) in [5.74, 6) is 0.333. The molecule has 0 unspecified atom stereocenters. The molecule has 2 aromatic heterocycles. The number of nitrogens with zero attached hydrogens (tertiary/aromatic N) is 1. The number of rotatable bonds is 5. The Balaban J connectivity index is 1.98. The zero-order valence-electron chi connectivity index (χ0n) is 14.3. The van der Waals surface area contributed by atoms with E-state index in [1.54, 1.807) is 14.0 Å². The highest BCUT2D eigenvalue weighted by Gasteiger charge is 2.19. The van der Waals surface area contributed by atoms with Crippen molar-refractivity contribution in [2.24, 2.45) is 0 Å². The number of thiophene rings is 1. The number of ether oxygens (including phenoxy) is 1. The summed E-state index contributed by atoms with van der Waals surface area (Å²) in [4.78, 5) is 33.3. The van der Waals surface area contributed by atoms with Crippen molar-refractivity contribution in [2.75, 3.05) is 19.0 Å². The van der Waals surface area contributed by atoms with Gasteiger partial charge in [-0.05, 0) is 31.0 Å². The maximum absolute atomic E-state index is 12.7. The van der Waals surface area contributed by atoms with Gasteiger partial charge in [-0.25, -0.2) is 4.98 Å². The minimum Gasteiger partial charge on any atom is -0.384 e. The minimum atomic E-state index is -0.229. The quantitative estimate of drug-likeness (QED) is 0.735. The SMILES string of the molecule is COCCc1nc2sc(C(=O)Nc3ccccc3C)c(C)c2c(=O)[nH]1. The smallest absolute Gasteiger partial charge is 0.266 e. The third kappa shape index (κ3) is 3.47. The van der Waals surface area contributed by atoms with Crippen LogP contribution >= 0.6 is 11.3 Å². The molecule has 130 valence electrons. The molecule has 7 heteroatoms. The molecule has 3 rings (SSSR count). The van der Waals surface area contributed by atoms with Crippen molar-refractivity contribution in [3.05, 3.63) is 56.4 Å². The van der Waals surface area contributed by atoms with Gasteiger partial charge in [0.15, 0.2) is 0 Å². The lowest BCUT2D eigenvalue weighted by Crippen LogP contribution is -2.14. The number of anilines is 1. The highest BCUT2D eigenvalue weighted by molar-refractivity contribution is 7.20. The van der Waals surface area contributed by atoms with Crippen LogP contribution in [0.1, 0.15) is 26.6 Å². The highest BCUT2D eigenvalue weighted by atomic mass is 32.1. The monoisotopic (exact) mass is 357 g/mol. The van der Waals surface area contributed by atoms with Gasteiger partial charge in [-0.2, -0.15) is 0 Å². The summed E-state index contributed by atoms with van der Waals surface area (Å²) in [6.45, 7) is 4.18. The van der Waals surface area contributed by atoms with Crippen LogP contribution in [0, 0.1) is 13.8 Å². The molecule has 1 amide bonds. The number of nitrogens with one attached hydrogen (secondary N) is 2. The average molecular weight is 357 g/mol. The molecule has 0 fully saturated rings. The van der Waals surface area contributed by atoms with E-state index in [-0.39, 0.29) is 11.5 Å². The second kappa shape index (κ2) is 7.16. The predicted octanol–water partition coefficient (Wildman–Crippen LogP) is 3.04. The summed E-state index contributed by atoms with van der Waals surface area (Å²) in [7, 11) is 1.60. The van der Waals surface area contributed by atoms with Gasteiger partial charge in [-0.3, -0.25) is 9.59 Å². The second-order valence-electron chi connectivity index (χ2n) is 5.76. The third-order valence-corrected chi connectivity index (χ3v) is 5.18. The fraction of sp³-hybridized carbons (Fsp3) is 0.278. The molecule has 25 heavy (non-hydrogen) atoms. The first kappa shape index (κ1) is 17.3. The van der Waals surface area contributed by atoms with Crippen LogP contribution < -0.4 is 10.9 Å². The van der Waals surface area contributed by atoms with Crippen LogP contribution in [0.25, 0.3) is 10.2 Å². The van der Waals surface area contributed by atoms with Crippen molar-refractivity contribution in [1.82, 2.24) is 9.97 Å². The topological polar surface area (TPSA) is 84.1 Å². The number of aryl methyl sites for hydroxylation is 2. The molecule has 3 aromatic rings. The molecule has 1 aromatic carbocycles. The molecule has 6 nitrogen and oxygen atoms in total. The molecule has 0 aliphatic carbocycles. The summed E-state index contributed by atoms with van der Waals surface area (Å²) in [6, 6.07) is 7.57. The van der Waals surface area contributed by atoms with Crippen molar-refractivity contribution >= 4 is 33.1 Å². The predicted molar refractivity (Wildman–Crippen MR) is 99.7 cm³/mol. The number of aromatic amines is 1. The maximum atomic E-state index is 12.7. The first-order chi connectivity index (χ1) is 12.0. The molecule has 0 spiro atoms. The number of carbonyl (C=O) groups excluding carboxylic acids is 1. The number of amides is 1. The molecule has 0 aliphatic heterocycles. The van der Waals surface area contributed by atoms with Gasteiger partial charge in [0.25, 0.3) is 11.5 Å². The van der Waals surface area contributed by atoms with E-state index in [0.717, 1.165) is 11.3 Å². The number of benzene rings is 1. The molecule has 2 N–H and O–H groups in total. The number of hydrogen-bond acceptors (Lipinski definition) is 5. The average Bonchev–Trinajstić information content (AvgIpc) is 2.92. The summed E-state index contributed by atoms with van der Waals surface area (Å²) >= 11 is 1.23. The molecule has 0 atom stereocenters. The second-order valence-corrected chi connectivity index (χ2v) is 6.76. The van der Waals surface area contributed by atoms with Crippen molar-refractivity contribution in [3.63, 3.8) is 0 Å². The zero-order chi connectivity index (χ0) is 18.0. The van der Waals surface area contributed by atoms with E-state index in [1.807, 2.05) is 31.2 Å². The van der Waals surface area contributed by atoms with Crippen LogP contribution in [0.5, 0.6) is 0 Å². The Morgan fingerprint density at radius 1 is 1.32 bits per heavy atom. The van der Waals surface area contributed by atoms with E-state index in [1.165, 1.54) is 11.3 Å². The standard InChI is InChI=1S/C18H19N3O3S/c1-10-6-4-5-7-12(10)19-17(23)15-11(2)14-16(22)20-13(8-9-24-3)21-18(14)25-15/h4-7H,8-9H2,1-3H3,(H,19,23)(H,20,21,22). The minimum absolute atomic E-state index is 0.222. The number of aromatic nitrogens is 2. The Labute approximate surface area is 148 Å². The molecule has 0 aliphatic rings. The van der Waals surface area contributed by atoms with Gasteiger partial charge in [0.05, 0.1) is 16.9 Å². The lowest BCUT2D eigenvalue weighted by molar-refractivity contribution is 0.103. The molecule has 0 saturated carbocycles. The van der Waals surface area contributed by atoms with Crippen molar-refractivity contribution in [1.29, 1.82) is 0 Å². The lowest BCUT2D eigenvalue weighted by Gasteiger charge is -2.07. The molecule has 0 bridgehead atoms. The van der Waals surface area contributed by atoms with Gasteiger partial charge in [0, 0.05) is 19.2 Å². The fourth-order valence-electron chi connectivity index (χ4n) is 2.61. The molecule has 2 heterocycles. The van der Waals surface area contributed by atoms with E-state index in [4.69, 9.17) is 4.74 Å². The number of methoxy groups -OCH3 is 1. The molecular weight excluding hydrogens is 338 g/mol. The van der Waals surface area contributed by atoms with Crippen LogP contribution in [0.3, 0.4) is 0 Å². The van der Waals surface area contributed by atoms with E-state index < -0.39 is 0 Å². The maximum Gasteiger partial charge on any atom is 0.266 e. The number of H-pyrrole nitrogens is 1. The van der Waals surface area contributed by atoms with Gasteiger partial charge in [0.1, 0.15) is 10.7 Å². The molecule has 0 saturated heterocycles. The van der Waals surface area contributed by atoms with Gasteiger partial charge in [0.2, 0.25) is 0 Å². The summed E-state index contributed by atoms with van der Waals surface area (Å²) in [6.07, 6.45) is 0.517. The third-order valence-electron chi connectivity index (χ3n) is 3.99. The fourth-order valence-corrected chi connectivity index (χ4v) is 3.71. The van der Waals surface area contributed by atoms with Gasteiger partial charge in [-0.15, -0.1) is 11.3 Å². The lowest BCUT2D eigenvalue weighted by atomic mass is 10.2. The number of hydrogen-bond donors (Lipinski definition) is 2. The van der Waals surface area contributed by atoms with Crippen LogP contribution in [-0.4, -0.2) is 29.6 Å². The number of carbonyl (C=O) groups is 1. The number of para-hydroxylation sites is 1. The Bertz CT molecular complexity index is 991. The Hall–Kier alpha value is -2.51. The van der Waals surface area contributed by atoms with Crippen LogP contribution in [0.2, 0.25) is 0 Å². The van der Waals surface area contributed by atoms with Crippen LogP contribution in [-0.2, 0) is 11.2 Å². The van der Waals surface area contributed by atoms with E-state index >= 15 is 0 Å². The first-order valence-electron chi connectivity index (χ1n) is 7.89. The van der Waals surface area contributed by atoms with Crippen LogP contribution in [0.15, 0.2) is 29.1 Å². The first-order valence-corrected chi connectivity index (χ1v) is 8.71. The Morgan fingerprint density at radius 3 is 2.80 bits per heavy atom. The van der Waals surface area contributed by atoms with E-state index in [9.17, 15) is 9.59 Å².